The minimum Gasteiger partial charge on any atom is -0.480 e. The van der Waals surface area contributed by atoms with Gasteiger partial charge in [0.2, 0.25) is 5.69 Å². The highest BCUT2D eigenvalue weighted by atomic mass is 32.9. The molecule has 228 valence electrons. The maximum absolute atomic E-state index is 12.3. The summed E-state index contributed by atoms with van der Waals surface area (Å²) < 4.78 is 27.3. The van der Waals surface area contributed by atoms with Gasteiger partial charge in [-0.3, -0.25) is 14.3 Å². The van der Waals surface area contributed by atoms with Crippen LogP contribution in [0.25, 0.3) is 11.2 Å². The monoisotopic (exact) mass is 644 g/mol. The topological polar surface area (TPSA) is 141 Å². The summed E-state index contributed by atoms with van der Waals surface area (Å²) in [6, 6.07) is -0.558. The number of ether oxygens (including phenoxy) is 1. The van der Waals surface area contributed by atoms with Crippen LogP contribution in [0.1, 0.15) is 60.1 Å². The van der Waals surface area contributed by atoms with E-state index in [0.717, 1.165) is 24.8 Å². The molecular weight excluding hydrogens is 604 g/mol. The van der Waals surface area contributed by atoms with Crippen LogP contribution in [-0.4, -0.2) is 73.8 Å². The Hall–Kier alpha value is -1.09. The molecular formula is C26H41N4O7PS2Si. The van der Waals surface area contributed by atoms with Crippen LogP contribution in [0.4, 0.5) is 0 Å². The third-order valence-corrected chi connectivity index (χ3v) is 19.4. The smallest absolute Gasteiger partial charge is 0.296 e. The number of imidazole rings is 1. The van der Waals surface area contributed by atoms with Crippen molar-refractivity contribution in [3.8, 4) is 6.01 Å². The fourth-order valence-electron chi connectivity index (χ4n) is 5.40. The lowest BCUT2D eigenvalue weighted by Crippen LogP contribution is -2.45. The first-order chi connectivity index (χ1) is 18.9. The number of nitrogens with zero attached hydrogens (tertiary/aromatic N) is 3. The third-order valence-electron chi connectivity index (χ3n) is 9.11. The molecule has 3 fully saturated rings. The first-order valence-electron chi connectivity index (χ1n) is 13.9. The first kappa shape index (κ1) is 31.3. The second-order valence-electron chi connectivity index (χ2n) is 13.2. The number of H-pyrrole nitrogens is 1. The summed E-state index contributed by atoms with van der Waals surface area (Å²) in [6.07, 6.45) is 0.353. The highest BCUT2D eigenvalue weighted by Crippen LogP contribution is 2.76. The molecule has 0 unspecified atom stereocenters. The third kappa shape index (κ3) is 5.88. The van der Waals surface area contributed by atoms with E-state index < -0.39 is 50.1 Å². The number of hydrogen-bond donors (Lipinski definition) is 3. The van der Waals surface area contributed by atoms with Crippen LogP contribution >= 0.6 is 17.1 Å². The molecule has 0 spiro atoms. The maximum Gasteiger partial charge on any atom is 0.296 e. The van der Waals surface area contributed by atoms with Crippen LogP contribution in [0.15, 0.2) is 23.3 Å². The van der Waals surface area contributed by atoms with Gasteiger partial charge >= 0.3 is 0 Å². The Morgan fingerprint density at radius 1 is 1.44 bits per heavy atom. The Labute approximate surface area is 250 Å². The predicted molar refractivity (Wildman–Crippen MR) is 165 cm³/mol. The number of fused-ring (bicyclic) bond motifs is 2. The van der Waals surface area contributed by atoms with Gasteiger partial charge in [-0.2, -0.15) is 4.98 Å². The van der Waals surface area contributed by atoms with E-state index in [1.807, 2.05) is 0 Å². The second kappa shape index (κ2) is 10.8. The number of aromatic nitrogens is 4. The summed E-state index contributed by atoms with van der Waals surface area (Å²) in [5.74, 6) is 0.382. The van der Waals surface area contributed by atoms with Crippen LogP contribution in [0.3, 0.4) is 0 Å². The van der Waals surface area contributed by atoms with Gasteiger partial charge in [0.1, 0.15) is 18.3 Å². The molecule has 15 heteroatoms. The summed E-state index contributed by atoms with van der Waals surface area (Å²) in [5.41, 5.74) is -2.23. The molecule has 3 N–H and O–H groups in total. The number of aliphatic hydroxyl groups excluding tert-OH is 1. The van der Waals surface area contributed by atoms with Gasteiger partial charge in [-0.25, -0.2) is 4.98 Å². The molecule has 0 bridgehead atoms. The van der Waals surface area contributed by atoms with Crippen molar-refractivity contribution in [3.05, 3.63) is 28.8 Å². The molecule has 2 aromatic rings. The Kier molecular flexibility index (Phi) is 8.26. The zero-order chi connectivity index (χ0) is 30.1. The Morgan fingerprint density at radius 3 is 2.80 bits per heavy atom. The summed E-state index contributed by atoms with van der Waals surface area (Å²) in [5, 5.41) is 21.6. The van der Waals surface area contributed by atoms with Crippen molar-refractivity contribution in [1.29, 1.82) is 0 Å². The molecule has 2 aliphatic heterocycles. The van der Waals surface area contributed by atoms with Crippen molar-refractivity contribution in [2.45, 2.75) is 107 Å². The van der Waals surface area contributed by atoms with Crippen molar-refractivity contribution in [2.24, 2.45) is 5.92 Å². The SMILES string of the molecule is C=C(C)[C@@H]1CC[C@]2(C)S[P@@](=S)(O[C@H]3[C@@H](O)[C@H](n4cnc5c(=O)[nH]c(O)nc54)O[C@@H]3CO[Si](C)(C)C(C)(C)C)O[C@H]2C1. The number of aromatic amines is 1. The average molecular weight is 645 g/mol. The normalized spacial score (nSPS) is 36.1. The van der Waals surface area contributed by atoms with Crippen molar-refractivity contribution < 1.29 is 28.4 Å². The zero-order valence-electron chi connectivity index (χ0n) is 24.6. The maximum atomic E-state index is 12.3. The molecule has 0 amide bonds. The number of allylic oxidation sites excluding steroid dienone is 1. The lowest BCUT2D eigenvalue weighted by molar-refractivity contribution is -0.0486. The van der Waals surface area contributed by atoms with Crippen LogP contribution in [0, 0.1) is 5.92 Å². The summed E-state index contributed by atoms with van der Waals surface area (Å²) in [7, 11) is -2.18. The predicted octanol–water partition coefficient (Wildman–Crippen LogP) is 4.98. The molecule has 2 saturated heterocycles. The van der Waals surface area contributed by atoms with E-state index in [2.05, 4.69) is 69.2 Å². The molecule has 0 aromatic carbocycles. The minimum absolute atomic E-state index is 0.0167. The minimum atomic E-state index is -2.88. The number of rotatable bonds is 7. The Bertz CT molecular complexity index is 1450. The van der Waals surface area contributed by atoms with Crippen LogP contribution in [0.2, 0.25) is 18.1 Å². The molecule has 5 rings (SSSR count). The fraction of sp³-hybridized carbons (Fsp3) is 0.731. The molecule has 3 aliphatic rings. The second-order valence-corrected chi connectivity index (χ2v) is 24.5. The standard InChI is InChI=1S/C26H41N4O7PS2Si/c1-14(2)15-9-10-26(6)17(11-15)36-38(39,40-26)37-20-16(12-34-41(7,8)25(3,4)5)35-23(19(20)31)30-13-27-18-21(30)28-24(33)29-22(18)32/h13,15-17,19-20,23,31H,1,9-12H2,2-8H3,(H2,28,29,32,33)/t15-,16-,17+,19-,20-,23-,26+,38-/m1/s1. The van der Waals surface area contributed by atoms with E-state index in [-0.39, 0.29) is 33.7 Å². The van der Waals surface area contributed by atoms with Crippen molar-refractivity contribution in [2.75, 3.05) is 6.61 Å². The molecule has 0 radical (unpaired) electrons. The summed E-state index contributed by atoms with van der Waals surface area (Å²) >= 11 is 7.65. The van der Waals surface area contributed by atoms with E-state index in [0.29, 0.717) is 5.92 Å². The van der Waals surface area contributed by atoms with Gasteiger partial charge in [-0.05, 0) is 69.0 Å². The van der Waals surface area contributed by atoms with E-state index in [1.54, 1.807) is 11.4 Å². The zero-order valence-corrected chi connectivity index (χ0v) is 28.1. The molecule has 1 aliphatic carbocycles. The Balaban J connectivity index is 1.44. The van der Waals surface area contributed by atoms with Crippen LogP contribution in [-0.2, 0) is 30.0 Å². The number of hydrogen-bond acceptors (Lipinski definition) is 11. The van der Waals surface area contributed by atoms with Crippen LogP contribution in [0.5, 0.6) is 6.01 Å². The van der Waals surface area contributed by atoms with Crippen LogP contribution < -0.4 is 5.56 Å². The average Bonchev–Trinajstić information content (AvgIpc) is 3.47. The first-order valence-corrected chi connectivity index (χ1v) is 20.9. The Morgan fingerprint density at radius 2 is 2.15 bits per heavy atom. The molecule has 2 aromatic heterocycles. The molecule has 41 heavy (non-hydrogen) atoms. The van der Waals surface area contributed by atoms with Gasteiger partial charge in [0.15, 0.2) is 25.7 Å². The highest BCUT2D eigenvalue weighted by Gasteiger charge is 2.57. The molecule has 4 heterocycles. The fourth-order valence-corrected chi connectivity index (χ4v) is 14.0. The molecule has 11 nitrogen and oxygen atoms in total. The lowest BCUT2D eigenvalue weighted by atomic mass is 9.77. The largest absolute Gasteiger partial charge is 0.480 e. The summed E-state index contributed by atoms with van der Waals surface area (Å²) in [6.45, 7) is 19.3. The van der Waals surface area contributed by atoms with Crippen molar-refractivity contribution >= 4 is 48.4 Å². The number of aromatic hydroxyl groups is 1. The van der Waals surface area contributed by atoms with E-state index >= 15 is 0 Å². The van der Waals surface area contributed by atoms with Gasteiger partial charge < -0.3 is 28.4 Å². The van der Waals surface area contributed by atoms with E-state index in [1.165, 1.54) is 10.9 Å². The van der Waals surface area contributed by atoms with E-state index in [4.69, 9.17) is 30.0 Å². The highest BCUT2D eigenvalue weighted by molar-refractivity contribution is 8.68. The number of aliphatic hydroxyl groups is 1. The van der Waals surface area contributed by atoms with Gasteiger partial charge in [0.25, 0.3) is 11.6 Å². The van der Waals surface area contributed by atoms with Crippen molar-refractivity contribution in [1.82, 2.24) is 19.5 Å². The van der Waals surface area contributed by atoms with E-state index in [9.17, 15) is 15.0 Å². The van der Waals surface area contributed by atoms with Gasteiger partial charge in [-0.15, -0.1) is 0 Å². The van der Waals surface area contributed by atoms with Crippen molar-refractivity contribution in [3.63, 3.8) is 0 Å². The molecule has 8 atom stereocenters. The van der Waals surface area contributed by atoms with Gasteiger partial charge in [0.05, 0.1) is 19.0 Å². The quantitative estimate of drug-likeness (QED) is 0.213. The summed E-state index contributed by atoms with van der Waals surface area (Å²) in [4.78, 5) is 22.7. The van der Waals surface area contributed by atoms with Gasteiger partial charge in [-0.1, -0.05) is 44.3 Å². The lowest BCUT2D eigenvalue weighted by Gasteiger charge is -2.37. The number of nitrogens with one attached hydrogen (secondary N) is 1. The molecule has 1 saturated carbocycles. The van der Waals surface area contributed by atoms with Gasteiger partial charge in [0, 0.05) is 4.75 Å².